The summed E-state index contributed by atoms with van der Waals surface area (Å²) in [5.74, 6) is 0.558. The van der Waals surface area contributed by atoms with Gasteiger partial charge in [0.2, 0.25) is 5.89 Å². The maximum Gasteiger partial charge on any atom is 0.277 e. The molecule has 0 amide bonds. The summed E-state index contributed by atoms with van der Waals surface area (Å²) in [5.41, 5.74) is 5.72. The first kappa shape index (κ1) is 11.9. The molecule has 86 valence electrons. The first-order valence-electron chi connectivity index (χ1n) is 4.61. The average Bonchev–Trinajstić information content (AvgIpc) is 2.84. The third kappa shape index (κ3) is 2.76. The van der Waals surface area contributed by atoms with Gasteiger partial charge in [0, 0.05) is 18.3 Å². The molecule has 1 unspecified atom stereocenters. The highest BCUT2D eigenvalue weighted by Gasteiger charge is 2.17. The molecule has 2 rings (SSSR count). The molecule has 0 aliphatic heterocycles. The number of rotatable bonds is 4. The van der Waals surface area contributed by atoms with Crippen LogP contribution in [0.4, 0.5) is 0 Å². The Hall–Kier alpha value is -0.560. The number of hydrogen-bond donors (Lipinski definition) is 1. The second-order valence-corrected chi connectivity index (χ2v) is 5.97. The van der Waals surface area contributed by atoms with E-state index in [9.17, 15) is 0 Å². The van der Waals surface area contributed by atoms with E-state index in [2.05, 4.69) is 10.2 Å². The lowest BCUT2D eigenvalue weighted by atomic mass is 10.3. The Bertz CT molecular complexity index is 471. The summed E-state index contributed by atoms with van der Waals surface area (Å²) in [6.07, 6.45) is 0. The lowest BCUT2D eigenvalue weighted by Crippen LogP contribution is -2.07. The smallest absolute Gasteiger partial charge is 0.277 e. The summed E-state index contributed by atoms with van der Waals surface area (Å²) < 4.78 is 6.06. The molecule has 0 aromatic carbocycles. The summed E-state index contributed by atoms with van der Waals surface area (Å²) in [7, 11) is 0. The van der Waals surface area contributed by atoms with Crippen molar-refractivity contribution in [2.75, 3.05) is 6.54 Å². The Labute approximate surface area is 106 Å². The first-order chi connectivity index (χ1) is 7.69. The fourth-order valence-electron chi connectivity index (χ4n) is 1.17. The van der Waals surface area contributed by atoms with Crippen LogP contribution in [0.25, 0.3) is 0 Å². The fourth-order valence-corrected chi connectivity index (χ4v) is 3.31. The van der Waals surface area contributed by atoms with E-state index in [0.29, 0.717) is 17.7 Å². The minimum absolute atomic E-state index is 0.109. The standard InChI is InChI=1S/C9H10ClN3OS2/c1-5-12-13-9(14-5)16-7(4-11)6-2-3-8(10)15-6/h2-3,7H,4,11H2,1H3. The van der Waals surface area contributed by atoms with Crippen LogP contribution in [0.3, 0.4) is 0 Å². The Morgan fingerprint density at radius 2 is 2.38 bits per heavy atom. The molecule has 0 aliphatic carbocycles. The first-order valence-corrected chi connectivity index (χ1v) is 6.68. The monoisotopic (exact) mass is 275 g/mol. The second kappa shape index (κ2) is 5.18. The number of aromatic nitrogens is 2. The third-order valence-corrected chi connectivity index (χ3v) is 4.47. The van der Waals surface area contributed by atoms with Gasteiger partial charge in [-0.25, -0.2) is 0 Å². The summed E-state index contributed by atoms with van der Waals surface area (Å²) in [5, 5.41) is 8.35. The topological polar surface area (TPSA) is 64.9 Å². The molecule has 0 saturated carbocycles. The van der Waals surface area contributed by atoms with Gasteiger partial charge in [0.1, 0.15) is 0 Å². The van der Waals surface area contributed by atoms with Crippen LogP contribution in [-0.2, 0) is 0 Å². The van der Waals surface area contributed by atoms with E-state index < -0.39 is 0 Å². The van der Waals surface area contributed by atoms with Crippen LogP contribution in [0.2, 0.25) is 4.34 Å². The summed E-state index contributed by atoms with van der Waals surface area (Å²) >= 11 is 8.87. The van der Waals surface area contributed by atoms with Gasteiger partial charge in [-0.1, -0.05) is 23.4 Å². The molecule has 2 heterocycles. The van der Waals surface area contributed by atoms with E-state index in [-0.39, 0.29) is 5.25 Å². The van der Waals surface area contributed by atoms with Crippen molar-refractivity contribution in [3.05, 3.63) is 27.2 Å². The number of nitrogens with zero attached hydrogens (tertiary/aromatic N) is 2. The van der Waals surface area contributed by atoms with Gasteiger partial charge in [-0.2, -0.15) is 0 Å². The molecule has 0 aliphatic rings. The van der Waals surface area contributed by atoms with E-state index in [0.717, 1.165) is 9.21 Å². The molecular weight excluding hydrogens is 266 g/mol. The predicted molar refractivity (Wildman–Crippen MR) is 66.0 cm³/mol. The number of nitrogens with two attached hydrogens (primary N) is 1. The van der Waals surface area contributed by atoms with E-state index in [4.69, 9.17) is 21.8 Å². The molecule has 7 heteroatoms. The van der Waals surface area contributed by atoms with Crippen molar-refractivity contribution in [1.29, 1.82) is 0 Å². The van der Waals surface area contributed by atoms with Gasteiger partial charge in [0.15, 0.2) is 0 Å². The zero-order chi connectivity index (χ0) is 11.5. The molecule has 0 fully saturated rings. The molecular formula is C9H10ClN3OS2. The van der Waals surface area contributed by atoms with E-state index in [1.54, 1.807) is 6.92 Å². The molecule has 1 atom stereocenters. The minimum Gasteiger partial charge on any atom is -0.416 e. The molecule has 4 nitrogen and oxygen atoms in total. The number of hydrogen-bond acceptors (Lipinski definition) is 6. The van der Waals surface area contributed by atoms with Crippen LogP contribution in [0.15, 0.2) is 21.8 Å². The van der Waals surface area contributed by atoms with Gasteiger partial charge in [-0.15, -0.1) is 21.5 Å². The van der Waals surface area contributed by atoms with Crippen LogP contribution in [0, 0.1) is 6.92 Å². The van der Waals surface area contributed by atoms with Crippen molar-refractivity contribution in [3.8, 4) is 0 Å². The van der Waals surface area contributed by atoms with Crippen LogP contribution in [0.1, 0.15) is 16.0 Å². The zero-order valence-electron chi connectivity index (χ0n) is 8.51. The van der Waals surface area contributed by atoms with Crippen LogP contribution in [-0.4, -0.2) is 16.7 Å². The predicted octanol–water partition coefficient (Wildman–Crippen LogP) is 2.89. The summed E-state index contributed by atoms with van der Waals surface area (Å²) in [4.78, 5) is 1.12. The van der Waals surface area contributed by atoms with Gasteiger partial charge in [-0.3, -0.25) is 0 Å². The molecule has 2 aromatic heterocycles. The Balaban J connectivity index is 2.12. The van der Waals surface area contributed by atoms with Crippen molar-refractivity contribution in [1.82, 2.24) is 10.2 Å². The highest BCUT2D eigenvalue weighted by molar-refractivity contribution is 7.99. The van der Waals surface area contributed by atoms with Crippen LogP contribution >= 0.6 is 34.7 Å². The van der Waals surface area contributed by atoms with Crippen LogP contribution < -0.4 is 5.73 Å². The number of thioether (sulfide) groups is 1. The van der Waals surface area contributed by atoms with E-state index >= 15 is 0 Å². The highest BCUT2D eigenvalue weighted by Crippen LogP contribution is 2.38. The van der Waals surface area contributed by atoms with Gasteiger partial charge in [0.05, 0.1) is 9.59 Å². The Kier molecular flexibility index (Phi) is 3.86. The van der Waals surface area contributed by atoms with Crippen molar-refractivity contribution >= 4 is 34.7 Å². The van der Waals surface area contributed by atoms with Gasteiger partial charge in [-0.05, 0) is 12.1 Å². The van der Waals surface area contributed by atoms with E-state index in [1.165, 1.54) is 23.1 Å². The highest BCUT2D eigenvalue weighted by atomic mass is 35.5. The minimum atomic E-state index is 0.109. The molecule has 2 aromatic rings. The SMILES string of the molecule is Cc1nnc(SC(CN)c2ccc(Cl)s2)o1. The van der Waals surface area contributed by atoms with Crippen molar-refractivity contribution in [2.45, 2.75) is 17.4 Å². The molecule has 2 N–H and O–H groups in total. The Morgan fingerprint density at radius 1 is 1.56 bits per heavy atom. The zero-order valence-corrected chi connectivity index (χ0v) is 10.9. The quantitative estimate of drug-likeness (QED) is 0.869. The summed E-state index contributed by atoms with van der Waals surface area (Å²) in [6.45, 7) is 2.26. The van der Waals surface area contributed by atoms with Crippen molar-refractivity contribution in [2.24, 2.45) is 5.73 Å². The maximum atomic E-state index is 5.89. The maximum absolute atomic E-state index is 5.89. The molecule has 16 heavy (non-hydrogen) atoms. The van der Waals surface area contributed by atoms with E-state index in [1.807, 2.05) is 12.1 Å². The van der Waals surface area contributed by atoms with Crippen LogP contribution in [0.5, 0.6) is 0 Å². The molecule has 0 bridgehead atoms. The molecule has 0 saturated heterocycles. The number of thiophene rings is 1. The number of aryl methyl sites for hydroxylation is 1. The molecule has 0 spiro atoms. The fraction of sp³-hybridized carbons (Fsp3) is 0.333. The Morgan fingerprint density at radius 3 is 2.88 bits per heavy atom. The van der Waals surface area contributed by atoms with Gasteiger partial charge in [0.25, 0.3) is 5.22 Å². The normalized spacial score (nSPS) is 12.9. The second-order valence-electron chi connectivity index (χ2n) is 3.07. The lowest BCUT2D eigenvalue weighted by Gasteiger charge is -2.08. The van der Waals surface area contributed by atoms with Gasteiger partial charge < -0.3 is 10.2 Å². The largest absolute Gasteiger partial charge is 0.416 e. The lowest BCUT2D eigenvalue weighted by molar-refractivity contribution is 0.428. The number of halogens is 1. The average molecular weight is 276 g/mol. The third-order valence-electron chi connectivity index (χ3n) is 1.88. The molecule has 0 radical (unpaired) electrons. The van der Waals surface area contributed by atoms with Crippen molar-refractivity contribution in [3.63, 3.8) is 0 Å². The van der Waals surface area contributed by atoms with Crippen molar-refractivity contribution < 1.29 is 4.42 Å². The summed E-state index contributed by atoms with van der Waals surface area (Å²) in [6, 6.07) is 3.84. The van der Waals surface area contributed by atoms with Gasteiger partial charge >= 0.3 is 0 Å².